The van der Waals surface area contributed by atoms with Crippen molar-refractivity contribution in [1.29, 1.82) is 0 Å². The van der Waals surface area contributed by atoms with Crippen LogP contribution in [0.3, 0.4) is 0 Å². The highest BCUT2D eigenvalue weighted by Crippen LogP contribution is 2.20. The van der Waals surface area contributed by atoms with Crippen LogP contribution in [0.2, 0.25) is 0 Å². The quantitative estimate of drug-likeness (QED) is 0.745. The predicted molar refractivity (Wildman–Crippen MR) is 107 cm³/mol. The number of carbonyl (C=O) groups excluding carboxylic acids is 1. The van der Waals surface area contributed by atoms with Crippen molar-refractivity contribution < 1.29 is 17.9 Å². The standard InChI is InChI=1S/C21H27NO4S/c1-5-19(16-9-13-18(14-10-16)27(4,24)25)22-21(23)20(6-2)26-17-11-7-15(3)8-12-17/h7-14,19-20H,5-6H2,1-4H3,(H,22,23). The Morgan fingerprint density at radius 3 is 2.07 bits per heavy atom. The summed E-state index contributed by atoms with van der Waals surface area (Å²) in [6.45, 7) is 5.87. The van der Waals surface area contributed by atoms with E-state index in [4.69, 9.17) is 4.74 Å². The Hall–Kier alpha value is -2.34. The Balaban J connectivity index is 2.09. The van der Waals surface area contributed by atoms with Crippen molar-refractivity contribution in [3.8, 4) is 5.75 Å². The Bertz CT molecular complexity index is 858. The van der Waals surface area contributed by atoms with Gasteiger partial charge in [0.15, 0.2) is 15.9 Å². The third-order valence-corrected chi connectivity index (χ3v) is 5.53. The lowest BCUT2D eigenvalue weighted by molar-refractivity contribution is -0.128. The van der Waals surface area contributed by atoms with E-state index in [1.165, 1.54) is 6.26 Å². The number of amides is 1. The van der Waals surface area contributed by atoms with E-state index in [1.54, 1.807) is 24.3 Å². The molecule has 27 heavy (non-hydrogen) atoms. The molecule has 0 aliphatic heterocycles. The molecule has 1 amide bonds. The van der Waals surface area contributed by atoms with E-state index in [0.717, 1.165) is 11.1 Å². The lowest BCUT2D eigenvalue weighted by atomic mass is 10.0. The molecule has 0 fully saturated rings. The van der Waals surface area contributed by atoms with Crippen LogP contribution in [0.15, 0.2) is 53.4 Å². The van der Waals surface area contributed by atoms with Crippen LogP contribution in [0.25, 0.3) is 0 Å². The first-order valence-corrected chi connectivity index (χ1v) is 11.0. The smallest absolute Gasteiger partial charge is 0.261 e. The number of aryl methyl sites for hydroxylation is 1. The molecule has 1 N–H and O–H groups in total. The maximum absolute atomic E-state index is 12.7. The molecule has 146 valence electrons. The summed E-state index contributed by atoms with van der Waals surface area (Å²) in [4.78, 5) is 12.9. The summed E-state index contributed by atoms with van der Waals surface area (Å²) in [6, 6.07) is 14.0. The van der Waals surface area contributed by atoms with Crippen LogP contribution in [0.5, 0.6) is 5.75 Å². The van der Waals surface area contributed by atoms with Crippen LogP contribution in [0.1, 0.15) is 43.9 Å². The van der Waals surface area contributed by atoms with Gasteiger partial charge < -0.3 is 10.1 Å². The van der Waals surface area contributed by atoms with Crippen LogP contribution in [-0.2, 0) is 14.6 Å². The second-order valence-electron chi connectivity index (χ2n) is 6.64. The summed E-state index contributed by atoms with van der Waals surface area (Å²) in [5.41, 5.74) is 1.99. The van der Waals surface area contributed by atoms with Crippen LogP contribution >= 0.6 is 0 Å². The average Bonchev–Trinajstić information content (AvgIpc) is 2.64. The molecule has 0 aliphatic carbocycles. The number of nitrogens with one attached hydrogen (secondary N) is 1. The molecule has 0 aliphatic rings. The Morgan fingerprint density at radius 1 is 1.00 bits per heavy atom. The van der Waals surface area contributed by atoms with E-state index in [9.17, 15) is 13.2 Å². The van der Waals surface area contributed by atoms with Crippen molar-refractivity contribution in [2.75, 3.05) is 6.26 Å². The van der Waals surface area contributed by atoms with Crippen LogP contribution in [0.4, 0.5) is 0 Å². The predicted octanol–water partition coefficient (Wildman–Crippen LogP) is 3.82. The monoisotopic (exact) mass is 389 g/mol. The number of carbonyl (C=O) groups is 1. The number of sulfone groups is 1. The van der Waals surface area contributed by atoms with Gasteiger partial charge in [0.25, 0.3) is 5.91 Å². The maximum Gasteiger partial charge on any atom is 0.261 e. The largest absolute Gasteiger partial charge is 0.481 e. The SMILES string of the molecule is CCC(Oc1ccc(C)cc1)C(=O)NC(CC)c1ccc(S(C)(=O)=O)cc1. The third-order valence-electron chi connectivity index (χ3n) is 4.40. The maximum atomic E-state index is 12.7. The Kier molecular flexibility index (Phi) is 7.02. The average molecular weight is 390 g/mol. The highest BCUT2D eigenvalue weighted by molar-refractivity contribution is 7.90. The van der Waals surface area contributed by atoms with E-state index in [1.807, 2.05) is 45.0 Å². The second-order valence-corrected chi connectivity index (χ2v) is 8.65. The summed E-state index contributed by atoms with van der Waals surface area (Å²) in [5.74, 6) is 0.477. The van der Waals surface area contributed by atoms with Crippen molar-refractivity contribution in [3.05, 3.63) is 59.7 Å². The Labute approximate surface area is 161 Å². The molecule has 0 saturated heterocycles. The van der Waals surface area contributed by atoms with Gasteiger partial charge in [-0.05, 0) is 49.6 Å². The van der Waals surface area contributed by atoms with Gasteiger partial charge in [0.05, 0.1) is 10.9 Å². The van der Waals surface area contributed by atoms with Crippen molar-refractivity contribution in [1.82, 2.24) is 5.32 Å². The molecule has 5 nitrogen and oxygen atoms in total. The second kappa shape index (κ2) is 9.04. The lowest BCUT2D eigenvalue weighted by Gasteiger charge is -2.22. The first-order chi connectivity index (χ1) is 12.7. The molecule has 0 spiro atoms. The van der Waals surface area contributed by atoms with E-state index < -0.39 is 15.9 Å². The fourth-order valence-corrected chi connectivity index (χ4v) is 3.37. The van der Waals surface area contributed by atoms with Gasteiger partial charge in [-0.15, -0.1) is 0 Å². The molecule has 2 aromatic carbocycles. The van der Waals surface area contributed by atoms with Crippen molar-refractivity contribution in [3.63, 3.8) is 0 Å². The minimum Gasteiger partial charge on any atom is -0.481 e. The number of ether oxygens (including phenoxy) is 1. The van der Waals surface area contributed by atoms with Gasteiger partial charge in [-0.3, -0.25) is 4.79 Å². The lowest BCUT2D eigenvalue weighted by Crippen LogP contribution is -2.39. The molecule has 0 aromatic heterocycles. The van der Waals surface area contributed by atoms with Gasteiger partial charge in [-0.2, -0.15) is 0 Å². The van der Waals surface area contributed by atoms with E-state index in [0.29, 0.717) is 18.6 Å². The number of rotatable bonds is 8. The first-order valence-electron chi connectivity index (χ1n) is 9.08. The van der Waals surface area contributed by atoms with Crippen LogP contribution in [0, 0.1) is 6.92 Å². The van der Waals surface area contributed by atoms with Crippen LogP contribution in [-0.4, -0.2) is 26.7 Å². The van der Waals surface area contributed by atoms with Crippen molar-refractivity contribution in [2.45, 2.75) is 50.7 Å². The summed E-state index contributed by atoms with van der Waals surface area (Å²) < 4.78 is 29.0. The number of hydrogen-bond acceptors (Lipinski definition) is 4. The molecule has 2 atom stereocenters. The van der Waals surface area contributed by atoms with E-state index >= 15 is 0 Å². The first kappa shape index (κ1) is 21.0. The summed E-state index contributed by atoms with van der Waals surface area (Å²) in [6.07, 6.45) is 1.82. The van der Waals surface area contributed by atoms with Gasteiger partial charge in [0, 0.05) is 6.26 Å². The molecule has 2 rings (SSSR count). The third kappa shape index (κ3) is 5.82. The zero-order valence-corrected chi connectivity index (χ0v) is 17.0. The fraction of sp³-hybridized carbons (Fsp3) is 0.381. The molecule has 6 heteroatoms. The summed E-state index contributed by atoms with van der Waals surface area (Å²) >= 11 is 0. The Morgan fingerprint density at radius 2 is 1.59 bits per heavy atom. The van der Waals surface area contributed by atoms with E-state index in [-0.39, 0.29) is 16.8 Å². The normalized spacial score (nSPS) is 13.6. The molecule has 0 bridgehead atoms. The highest BCUT2D eigenvalue weighted by Gasteiger charge is 2.22. The molecule has 0 heterocycles. The van der Waals surface area contributed by atoms with Gasteiger partial charge in [-0.1, -0.05) is 43.7 Å². The van der Waals surface area contributed by atoms with Crippen molar-refractivity contribution in [2.24, 2.45) is 0 Å². The number of hydrogen-bond donors (Lipinski definition) is 1. The molecule has 0 radical (unpaired) electrons. The summed E-state index contributed by atoms with van der Waals surface area (Å²) in [5, 5.41) is 3.01. The van der Waals surface area contributed by atoms with Gasteiger partial charge in [-0.25, -0.2) is 8.42 Å². The molecule has 2 unspecified atom stereocenters. The zero-order chi connectivity index (χ0) is 20.0. The molecular formula is C21H27NO4S. The van der Waals surface area contributed by atoms with Gasteiger partial charge in [0.2, 0.25) is 0 Å². The minimum absolute atomic E-state index is 0.183. The molecule has 0 saturated carbocycles. The molecular weight excluding hydrogens is 362 g/mol. The van der Waals surface area contributed by atoms with Gasteiger partial charge in [0.1, 0.15) is 5.75 Å². The van der Waals surface area contributed by atoms with E-state index in [2.05, 4.69) is 5.32 Å². The molecule has 2 aromatic rings. The zero-order valence-electron chi connectivity index (χ0n) is 16.2. The summed E-state index contributed by atoms with van der Waals surface area (Å²) in [7, 11) is -3.24. The fourth-order valence-electron chi connectivity index (χ4n) is 2.74. The van der Waals surface area contributed by atoms with Gasteiger partial charge >= 0.3 is 0 Å². The highest BCUT2D eigenvalue weighted by atomic mass is 32.2. The van der Waals surface area contributed by atoms with Crippen LogP contribution < -0.4 is 10.1 Å². The minimum atomic E-state index is -3.24. The topological polar surface area (TPSA) is 72.5 Å². The number of benzene rings is 2. The van der Waals surface area contributed by atoms with Crippen molar-refractivity contribution >= 4 is 15.7 Å².